The number of pyridine rings is 1. The molecule has 0 radical (unpaired) electrons. The Morgan fingerprint density at radius 3 is 2.71 bits per heavy atom. The molecule has 2 N–H and O–H groups in total. The number of fused-ring (bicyclic) bond motifs is 2. The van der Waals surface area contributed by atoms with Gasteiger partial charge in [0.2, 0.25) is 5.91 Å². The molecule has 1 atom stereocenters. The van der Waals surface area contributed by atoms with Crippen LogP contribution in [0.3, 0.4) is 0 Å². The molecule has 1 aliphatic rings. The van der Waals surface area contributed by atoms with Crippen molar-refractivity contribution in [1.29, 1.82) is 0 Å². The summed E-state index contributed by atoms with van der Waals surface area (Å²) < 4.78 is 25.3. The Kier molecular flexibility index (Phi) is 6.42. The highest BCUT2D eigenvalue weighted by Gasteiger charge is 2.37. The molecule has 1 aliphatic heterocycles. The van der Waals surface area contributed by atoms with Gasteiger partial charge >= 0.3 is 0 Å². The van der Waals surface area contributed by atoms with Gasteiger partial charge in [-0.1, -0.05) is 5.16 Å². The second kappa shape index (κ2) is 9.85. The van der Waals surface area contributed by atoms with Crippen LogP contribution in [0.1, 0.15) is 33.5 Å². The maximum absolute atomic E-state index is 13.5. The van der Waals surface area contributed by atoms with E-state index in [1.807, 2.05) is 0 Å². The number of hydrogen-bond donors (Lipinski definition) is 2. The van der Waals surface area contributed by atoms with Crippen molar-refractivity contribution in [3.05, 3.63) is 69.8 Å². The van der Waals surface area contributed by atoms with Gasteiger partial charge < -0.3 is 29.4 Å². The Bertz CT molecular complexity index is 1590. The summed E-state index contributed by atoms with van der Waals surface area (Å²) in [5.74, 6) is -2.12. The largest absolute Gasteiger partial charge is 0.383 e. The summed E-state index contributed by atoms with van der Waals surface area (Å²) >= 11 is 0. The fourth-order valence-corrected chi connectivity index (χ4v) is 4.18. The summed E-state index contributed by atoms with van der Waals surface area (Å²) in [6, 6.07) is 4.76. The van der Waals surface area contributed by atoms with Gasteiger partial charge in [0.15, 0.2) is 11.5 Å². The first-order valence-corrected chi connectivity index (χ1v) is 11.3. The van der Waals surface area contributed by atoms with Gasteiger partial charge in [0, 0.05) is 19.2 Å². The highest BCUT2D eigenvalue weighted by molar-refractivity contribution is 6.03. The van der Waals surface area contributed by atoms with E-state index in [2.05, 4.69) is 25.9 Å². The molecule has 5 heterocycles. The van der Waals surface area contributed by atoms with E-state index in [-0.39, 0.29) is 53.4 Å². The number of methoxy groups -OCH3 is 1. The average Bonchev–Trinajstić information content (AvgIpc) is 3.63. The number of ether oxygens (including phenoxy) is 1. The Morgan fingerprint density at radius 1 is 1.21 bits per heavy atom. The maximum atomic E-state index is 13.5. The van der Waals surface area contributed by atoms with Crippen molar-refractivity contribution >= 4 is 35.0 Å². The second-order valence-corrected chi connectivity index (χ2v) is 8.50. The molecule has 38 heavy (non-hydrogen) atoms. The first kappa shape index (κ1) is 24.8. The zero-order valence-corrected chi connectivity index (χ0v) is 20.2. The molecular formula is C23H21FN8O6. The van der Waals surface area contributed by atoms with E-state index in [1.54, 1.807) is 6.92 Å². The van der Waals surface area contributed by atoms with E-state index < -0.39 is 35.6 Å². The van der Waals surface area contributed by atoms with Crippen LogP contribution in [0.4, 0.5) is 16.0 Å². The number of anilines is 2. The lowest BCUT2D eigenvalue weighted by Crippen LogP contribution is -2.37. The molecule has 0 spiro atoms. The molecule has 5 rings (SSSR count). The van der Waals surface area contributed by atoms with Crippen molar-refractivity contribution in [2.75, 3.05) is 24.4 Å². The summed E-state index contributed by atoms with van der Waals surface area (Å²) in [4.78, 5) is 57.8. The third-order valence-corrected chi connectivity index (χ3v) is 5.91. The van der Waals surface area contributed by atoms with Gasteiger partial charge in [-0.25, -0.2) is 9.37 Å². The lowest BCUT2D eigenvalue weighted by Gasteiger charge is -2.23. The molecule has 15 heteroatoms. The van der Waals surface area contributed by atoms with Crippen LogP contribution >= 0.6 is 0 Å². The summed E-state index contributed by atoms with van der Waals surface area (Å²) in [6.45, 7) is 1.54. The monoisotopic (exact) mass is 524 g/mol. The number of aromatic nitrogens is 5. The minimum absolute atomic E-state index is 0.00368. The van der Waals surface area contributed by atoms with Gasteiger partial charge in [0.1, 0.15) is 35.8 Å². The third-order valence-electron chi connectivity index (χ3n) is 5.91. The van der Waals surface area contributed by atoms with Crippen molar-refractivity contribution in [3.8, 4) is 0 Å². The number of nitrogens with one attached hydrogen (secondary N) is 2. The van der Waals surface area contributed by atoms with Gasteiger partial charge in [-0.3, -0.25) is 19.2 Å². The van der Waals surface area contributed by atoms with Crippen molar-refractivity contribution in [2.24, 2.45) is 0 Å². The molecule has 0 bridgehead atoms. The molecule has 4 aromatic rings. The summed E-state index contributed by atoms with van der Waals surface area (Å²) in [6.07, 6.45) is 2.21. The Morgan fingerprint density at radius 2 is 2.03 bits per heavy atom. The molecule has 0 saturated heterocycles. The Hall–Kier alpha value is -4.92. The van der Waals surface area contributed by atoms with E-state index in [1.165, 1.54) is 41.0 Å². The van der Waals surface area contributed by atoms with Gasteiger partial charge in [0.05, 0.1) is 31.0 Å². The summed E-state index contributed by atoms with van der Waals surface area (Å²) in [5, 5.41) is 12.7. The van der Waals surface area contributed by atoms with Crippen LogP contribution in [0.5, 0.6) is 0 Å². The molecule has 14 nitrogen and oxygen atoms in total. The molecule has 196 valence electrons. The maximum Gasteiger partial charge on any atom is 0.280 e. The van der Waals surface area contributed by atoms with Gasteiger partial charge in [-0.05, 0) is 19.1 Å². The lowest BCUT2D eigenvalue weighted by molar-refractivity contribution is -0.116. The first-order chi connectivity index (χ1) is 18.3. The second-order valence-electron chi connectivity index (χ2n) is 8.50. The molecular weight excluding hydrogens is 503 g/mol. The molecule has 0 unspecified atom stereocenters. The van der Waals surface area contributed by atoms with E-state index in [0.29, 0.717) is 0 Å². The number of hydrogen-bond acceptors (Lipinski definition) is 9. The van der Waals surface area contributed by atoms with Crippen LogP contribution in [0.2, 0.25) is 0 Å². The topological polar surface area (TPSA) is 166 Å². The van der Waals surface area contributed by atoms with Crippen molar-refractivity contribution in [3.63, 3.8) is 0 Å². The minimum Gasteiger partial charge on any atom is -0.383 e. The number of carbonyl (C=O) groups is 3. The third kappa shape index (κ3) is 4.50. The van der Waals surface area contributed by atoms with Gasteiger partial charge in [-0.15, -0.1) is 0 Å². The van der Waals surface area contributed by atoms with Crippen molar-refractivity contribution < 1.29 is 28.0 Å². The standard InChI is InChI=1S/C23H21FN8O6/c1-12(11-37-2)30-9-14-20(23(30)36)31(10-18(33)26-16-4-3-13(24)8-25-16)19-7-15(28-32(19)22(14)35)21(34)27-17-5-6-38-29-17/h3-8,12H,9-11H2,1-2H3,(H,25,26,33)(H,27,29,34)/t12-/m0/s1. The molecule has 0 aromatic carbocycles. The van der Waals surface area contributed by atoms with Crippen LogP contribution < -0.4 is 16.2 Å². The zero-order chi connectivity index (χ0) is 27.0. The van der Waals surface area contributed by atoms with Crippen molar-refractivity contribution in [2.45, 2.75) is 26.1 Å². The van der Waals surface area contributed by atoms with Crippen LogP contribution in [0.15, 0.2) is 46.0 Å². The fourth-order valence-electron chi connectivity index (χ4n) is 4.18. The zero-order valence-electron chi connectivity index (χ0n) is 20.2. The van der Waals surface area contributed by atoms with Gasteiger partial charge in [0.25, 0.3) is 17.4 Å². The van der Waals surface area contributed by atoms with E-state index in [4.69, 9.17) is 9.26 Å². The summed E-state index contributed by atoms with van der Waals surface area (Å²) in [5.41, 5.74) is -0.607. The normalized spacial score (nSPS) is 13.6. The van der Waals surface area contributed by atoms with Crippen molar-refractivity contribution in [1.82, 2.24) is 29.2 Å². The van der Waals surface area contributed by atoms with E-state index in [9.17, 15) is 23.6 Å². The number of nitrogens with zero attached hydrogens (tertiary/aromatic N) is 6. The quantitative estimate of drug-likeness (QED) is 0.340. The number of amides is 3. The highest BCUT2D eigenvalue weighted by atomic mass is 19.1. The highest BCUT2D eigenvalue weighted by Crippen LogP contribution is 2.25. The SMILES string of the molecule is COC[C@H](C)N1Cc2c(n(CC(=O)Nc3ccc(F)cn3)c3cc(C(=O)Nc4ccon4)nn3c2=O)C1=O. The Balaban J connectivity index is 1.57. The van der Waals surface area contributed by atoms with Gasteiger partial charge in [-0.2, -0.15) is 9.61 Å². The van der Waals surface area contributed by atoms with E-state index >= 15 is 0 Å². The summed E-state index contributed by atoms with van der Waals surface area (Å²) in [7, 11) is 1.50. The van der Waals surface area contributed by atoms with E-state index in [0.717, 1.165) is 16.8 Å². The fraction of sp³-hybridized carbons (Fsp3) is 0.261. The predicted molar refractivity (Wildman–Crippen MR) is 128 cm³/mol. The minimum atomic E-state index is -0.685. The first-order valence-electron chi connectivity index (χ1n) is 11.3. The molecule has 3 amide bonds. The molecule has 4 aromatic heterocycles. The predicted octanol–water partition coefficient (Wildman–Crippen LogP) is 0.900. The molecule has 0 aliphatic carbocycles. The smallest absolute Gasteiger partial charge is 0.280 e. The molecule has 0 fully saturated rings. The lowest BCUT2D eigenvalue weighted by atomic mass is 10.2. The number of halogens is 1. The van der Waals surface area contributed by atoms with Crippen LogP contribution in [0.25, 0.3) is 5.65 Å². The Labute approximate surface area is 213 Å². The van der Waals surface area contributed by atoms with Crippen LogP contribution in [0, 0.1) is 5.82 Å². The van der Waals surface area contributed by atoms with Crippen LogP contribution in [-0.2, 0) is 22.6 Å². The number of carbonyl (C=O) groups excluding carboxylic acids is 3. The number of rotatable bonds is 8. The molecule has 0 saturated carbocycles. The van der Waals surface area contributed by atoms with Crippen LogP contribution in [-0.4, -0.2) is 66.7 Å². The average molecular weight is 524 g/mol.